The molecule has 2 aliphatic rings. The molecule has 2 atom stereocenters. The number of piperidine rings is 1. The van der Waals surface area contributed by atoms with Gasteiger partial charge in [-0.1, -0.05) is 0 Å². The fourth-order valence-electron chi connectivity index (χ4n) is 2.80. The second-order valence-corrected chi connectivity index (χ2v) is 5.08. The third-order valence-corrected chi connectivity index (χ3v) is 3.83. The molecule has 2 aliphatic heterocycles. The van der Waals surface area contributed by atoms with E-state index in [1.165, 1.54) is 29.2 Å². The minimum Gasteiger partial charge on any atom is -0.390 e. The van der Waals surface area contributed by atoms with E-state index < -0.39 is 29.0 Å². The summed E-state index contributed by atoms with van der Waals surface area (Å²) >= 11 is 0. The van der Waals surface area contributed by atoms with Crippen LogP contribution in [0.2, 0.25) is 0 Å². The number of aliphatic hydroxyl groups is 1. The summed E-state index contributed by atoms with van der Waals surface area (Å²) < 4.78 is 0. The van der Waals surface area contributed by atoms with E-state index in [4.69, 9.17) is 0 Å². The van der Waals surface area contributed by atoms with E-state index >= 15 is 0 Å². The summed E-state index contributed by atoms with van der Waals surface area (Å²) in [4.78, 5) is 37.1. The Morgan fingerprint density at radius 1 is 1.24 bits per heavy atom. The van der Waals surface area contributed by atoms with Crippen LogP contribution < -0.4 is 4.90 Å². The van der Waals surface area contributed by atoms with Crippen LogP contribution in [0, 0.1) is 10.1 Å². The number of aliphatic hydroxyl groups excluding tert-OH is 1. The molecule has 0 aliphatic carbocycles. The lowest BCUT2D eigenvalue weighted by atomic mass is 10.00. The Bertz CT molecular complexity index is 615. The zero-order valence-corrected chi connectivity index (χ0v) is 11.0. The second kappa shape index (κ2) is 4.81. The number of nitro benzene ring substituents is 1. The molecule has 0 saturated carbocycles. The molecule has 0 unspecified atom stereocenters. The van der Waals surface area contributed by atoms with Crippen LogP contribution in [-0.4, -0.2) is 45.6 Å². The summed E-state index contributed by atoms with van der Waals surface area (Å²) in [5.74, 6) is -0.485. The number of fused-ring (bicyclic) bond motifs is 1. The predicted molar refractivity (Wildman–Crippen MR) is 71.7 cm³/mol. The van der Waals surface area contributed by atoms with E-state index in [0.717, 1.165) is 4.90 Å². The molecular weight excluding hydrogens is 278 g/mol. The molecule has 110 valence electrons. The Kier molecular flexibility index (Phi) is 3.09. The van der Waals surface area contributed by atoms with Gasteiger partial charge in [-0.15, -0.1) is 0 Å². The van der Waals surface area contributed by atoms with E-state index in [9.17, 15) is 24.8 Å². The topological polar surface area (TPSA) is 104 Å². The van der Waals surface area contributed by atoms with Crippen LogP contribution in [0.15, 0.2) is 24.3 Å². The summed E-state index contributed by atoms with van der Waals surface area (Å²) in [7, 11) is 0. The van der Waals surface area contributed by atoms with E-state index in [1.807, 2.05) is 0 Å². The Balaban J connectivity index is 1.93. The minimum atomic E-state index is -0.863. The normalized spacial score (nSPS) is 25.2. The standard InChI is InChI=1S/C13H13N3O5/c17-10-2-1-7-14-11(10)12(18)15(13(14)19)8-3-5-9(6-4-8)16(20)21/h3-6,10-11,17H,1-2,7H2/t10-,11-/m1/s1. The van der Waals surface area contributed by atoms with Crippen LogP contribution in [0.5, 0.6) is 0 Å². The molecule has 3 rings (SSSR count). The van der Waals surface area contributed by atoms with Crippen LogP contribution in [-0.2, 0) is 4.79 Å². The number of imide groups is 1. The van der Waals surface area contributed by atoms with Crippen molar-refractivity contribution in [2.24, 2.45) is 0 Å². The smallest absolute Gasteiger partial charge is 0.332 e. The first-order valence-electron chi connectivity index (χ1n) is 6.58. The van der Waals surface area contributed by atoms with Crippen molar-refractivity contribution in [1.29, 1.82) is 0 Å². The number of rotatable bonds is 2. The van der Waals surface area contributed by atoms with Crippen molar-refractivity contribution in [2.75, 3.05) is 11.4 Å². The lowest BCUT2D eigenvalue weighted by Crippen LogP contribution is -2.48. The summed E-state index contributed by atoms with van der Waals surface area (Å²) in [6, 6.07) is 3.86. The summed E-state index contributed by atoms with van der Waals surface area (Å²) in [5, 5.41) is 20.5. The molecule has 2 heterocycles. The molecule has 0 radical (unpaired) electrons. The fraction of sp³-hybridized carbons (Fsp3) is 0.385. The monoisotopic (exact) mass is 291 g/mol. The van der Waals surface area contributed by atoms with Crippen molar-refractivity contribution in [3.63, 3.8) is 0 Å². The zero-order valence-electron chi connectivity index (χ0n) is 11.0. The maximum Gasteiger partial charge on any atom is 0.332 e. The molecule has 2 saturated heterocycles. The number of amides is 3. The summed E-state index contributed by atoms with van der Waals surface area (Å²) in [5.41, 5.74) is 0.160. The highest BCUT2D eigenvalue weighted by Gasteiger charge is 2.50. The molecule has 21 heavy (non-hydrogen) atoms. The minimum absolute atomic E-state index is 0.115. The molecule has 0 bridgehead atoms. The van der Waals surface area contributed by atoms with E-state index in [2.05, 4.69) is 0 Å². The lowest BCUT2D eigenvalue weighted by Gasteiger charge is -2.30. The van der Waals surface area contributed by atoms with E-state index in [0.29, 0.717) is 19.4 Å². The summed E-state index contributed by atoms with van der Waals surface area (Å²) in [6.45, 7) is 0.426. The molecule has 3 amide bonds. The van der Waals surface area contributed by atoms with Crippen molar-refractivity contribution in [3.8, 4) is 0 Å². The van der Waals surface area contributed by atoms with Gasteiger partial charge < -0.3 is 10.0 Å². The van der Waals surface area contributed by atoms with E-state index in [-0.39, 0.29) is 11.4 Å². The highest BCUT2D eigenvalue weighted by Crippen LogP contribution is 2.31. The molecule has 1 aromatic rings. The SMILES string of the molecule is O=C1[C@H]2[C@H](O)CCCN2C(=O)N1c1ccc([N+](=O)[O-])cc1. The van der Waals surface area contributed by atoms with E-state index in [1.54, 1.807) is 0 Å². The number of carbonyl (C=O) groups is 2. The zero-order chi connectivity index (χ0) is 15.1. The predicted octanol–water partition coefficient (Wildman–Crippen LogP) is 0.887. The number of nitrogens with zero attached hydrogens (tertiary/aromatic N) is 3. The first-order valence-corrected chi connectivity index (χ1v) is 6.58. The molecule has 0 spiro atoms. The molecule has 0 aromatic heterocycles. The van der Waals surface area contributed by atoms with Gasteiger partial charge in [-0.05, 0) is 25.0 Å². The maximum atomic E-state index is 12.3. The Morgan fingerprint density at radius 3 is 2.48 bits per heavy atom. The first-order chi connectivity index (χ1) is 10.0. The van der Waals surface area contributed by atoms with Crippen molar-refractivity contribution in [3.05, 3.63) is 34.4 Å². The highest BCUT2D eigenvalue weighted by atomic mass is 16.6. The quantitative estimate of drug-likeness (QED) is 0.495. The average Bonchev–Trinajstić information content (AvgIpc) is 2.72. The van der Waals surface area contributed by atoms with Gasteiger partial charge in [-0.3, -0.25) is 14.9 Å². The van der Waals surface area contributed by atoms with Crippen LogP contribution in [0.25, 0.3) is 0 Å². The number of nitro groups is 1. The number of hydrogen-bond acceptors (Lipinski definition) is 5. The number of non-ortho nitro benzene ring substituents is 1. The van der Waals surface area contributed by atoms with Gasteiger partial charge in [0.1, 0.15) is 6.04 Å². The number of carbonyl (C=O) groups excluding carboxylic acids is 2. The van der Waals surface area contributed by atoms with Crippen molar-refractivity contribution < 1.29 is 19.6 Å². The van der Waals surface area contributed by atoms with Gasteiger partial charge in [-0.25, -0.2) is 9.69 Å². The highest BCUT2D eigenvalue weighted by molar-refractivity contribution is 6.21. The average molecular weight is 291 g/mol. The molecule has 8 heteroatoms. The molecular formula is C13H13N3O5. The third-order valence-electron chi connectivity index (χ3n) is 3.83. The number of hydrogen-bond donors (Lipinski definition) is 1. The Morgan fingerprint density at radius 2 is 1.90 bits per heavy atom. The second-order valence-electron chi connectivity index (χ2n) is 5.08. The van der Waals surface area contributed by atoms with Crippen LogP contribution in [0.1, 0.15) is 12.8 Å². The van der Waals surface area contributed by atoms with Gasteiger partial charge in [-0.2, -0.15) is 0 Å². The first kappa shape index (κ1) is 13.5. The number of urea groups is 1. The van der Waals surface area contributed by atoms with Gasteiger partial charge >= 0.3 is 6.03 Å². The van der Waals surface area contributed by atoms with Crippen LogP contribution in [0.3, 0.4) is 0 Å². The van der Waals surface area contributed by atoms with Crippen molar-refractivity contribution in [2.45, 2.75) is 25.0 Å². The molecule has 2 fully saturated rings. The van der Waals surface area contributed by atoms with Gasteiger partial charge in [0.05, 0.1) is 16.7 Å². The Labute approximate surface area is 119 Å². The van der Waals surface area contributed by atoms with Gasteiger partial charge in [0.15, 0.2) is 0 Å². The molecule has 1 N–H and O–H groups in total. The van der Waals surface area contributed by atoms with Gasteiger partial charge in [0, 0.05) is 18.7 Å². The van der Waals surface area contributed by atoms with Crippen molar-refractivity contribution >= 4 is 23.3 Å². The summed E-state index contributed by atoms with van der Waals surface area (Å²) in [6.07, 6.45) is 0.261. The number of benzene rings is 1. The van der Waals surface area contributed by atoms with Crippen LogP contribution in [0.4, 0.5) is 16.2 Å². The number of anilines is 1. The third kappa shape index (κ3) is 2.04. The van der Waals surface area contributed by atoms with Gasteiger partial charge in [0.2, 0.25) is 0 Å². The molecule has 1 aromatic carbocycles. The van der Waals surface area contributed by atoms with Gasteiger partial charge in [0.25, 0.3) is 11.6 Å². The Hall–Kier alpha value is -2.48. The molecule has 8 nitrogen and oxygen atoms in total. The maximum absolute atomic E-state index is 12.3. The lowest BCUT2D eigenvalue weighted by molar-refractivity contribution is -0.384. The van der Waals surface area contributed by atoms with Crippen molar-refractivity contribution in [1.82, 2.24) is 4.90 Å². The fourth-order valence-corrected chi connectivity index (χ4v) is 2.80. The van der Waals surface area contributed by atoms with Crippen LogP contribution >= 0.6 is 0 Å². The largest absolute Gasteiger partial charge is 0.390 e.